The SMILES string of the molecule is CC1(C)CCCN(c2ccc(Cl)cc2C(N)=NO)C1. The largest absolute Gasteiger partial charge is 0.409 e. The topological polar surface area (TPSA) is 61.8 Å². The van der Waals surface area contributed by atoms with Gasteiger partial charge < -0.3 is 15.8 Å². The van der Waals surface area contributed by atoms with Crippen molar-refractivity contribution in [3.05, 3.63) is 28.8 Å². The second-order valence-corrected chi connectivity index (χ2v) is 6.27. The van der Waals surface area contributed by atoms with Crippen molar-refractivity contribution in [3.8, 4) is 0 Å². The van der Waals surface area contributed by atoms with Gasteiger partial charge in [-0.25, -0.2) is 0 Å². The molecule has 1 aliphatic heterocycles. The predicted molar refractivity (Wildman–Crippen MR) is 79.2 cm³/mol. The Bertz CT molecular complexity index is 499. The first-order chi connectivity index (χ1) is 8.93. The van der Waals surface area contributed by atoms with Crippen LogP contribution in [0.25, 0.3) is 0 Å². The van der Waals surface area contributed by atoms with E-state index >= 15 is 0 Å². The van der Waals surface area contributed by atoms with Crippen LogP contribution in [0.1, 0.15) is 32.3 Å². The molecule has 5 heteroatoms. The number of nitrogens with two attached hydrogens (primary N) is 1. The molecule has 1 aliphatic rings. The molecule has 0 radical (unpaired) electrons. The summed E-state index contributed by atoms with van der Waals surface area (Å²) >= 11 is 6.00. The van der Waals surface area contributed by atoms with E-state index in [1.54, 1.807) is 6.07 Å². The third-order valence-corrected chi connectivity index (χ3v) is 3.82. The fraction of sp³-hybridized carbons (Fsp3) is 0.500. The summed E-state index contributed by atoms with van der Waals surface area (Å²) in [6.07, 6.45) is 2.36. The molecule has 4 nitrogen and oxygen atoms in total. The molecule has 1 fully saturated rings. The number of hydrogen-bond acceptors (Lipinski definition) is 3. The van der Waals surface area contributed by atoms with E-state index in [9.17, 15) is 0 Å². The van der Waals surface area contributed by atoms with E-state index in [4.69, 9.17) is 22.5 Å². The van der Waals surface area contributed by atoms with E-state index in [0.29, 0.717) is 10.6 Å². The maximum Gasteiger partial charge on any atom is 0.172 e. The molecule has 0 atom stereocenters. The molecule has 1 heterocycles. The van der Waals surface area contributed by atoms with Gasteiger partial charge in [0.15, 0.2) is 5.84 Å². The molecular formula is C14H20ClN3O. The number of nitrogens with zero attached hydrogens (tertiary/aromatic N) is 2. The lowest BCUT2D eigenvalue weighted by molar-refractivity contribution is 0.293. The van der Waals surface area contributed by atoms with E-state index in [1.807, 2.05) is 12.1 Å². The molecule has 0 aromatic heterocycles. The third-order valence-electron chi connectivity index (χ3n) is 3.58. The highest BCUT2D eigenvalue weighted by Crippen LogP contribution is 2.33. The van der Waals surface area contributed by atoms with Crippen molar-refractivity contribution in [2.75, 3.05) is 18.0 Å². The minimum Gasteiger partial charge on any atom is -0.409 e. The number of halogens is 1. The Kier molecular flexibility index (Phi) is 3.90. The van der Waals surface area contributed by atoms with E-state index in [-0.39, 0.29) is 11.3 Å². The number of hydrogen-bond donors (Lipinski definition) is 2. The van der Waals surface area contributed by atoms with Gasteiger partial charge in [-0.05, 0) is 36.5 Å². The minimum absolute atomic E-state index is 0.0980. The number of rotatable bonds is 2. The van der Waals surface area contributed by atoms with Crippen LogP contribution in [0.4, 0.5) is 5.69 Å². The highest BCUT2D eigenvalue weighted by molar-refractivity contribution is 6.31. The lowest BCUT2D eigenvalue weighted by Crippen LogP contribution is -2.41. The van der Waals surface area contributed by atoms with Crippen LogP contribution >= 0.6 is 11.6 Å². The Labute approximate surface area is 118 Å². The first kappa shape index (κ1) is 14.0. The minimum atomic E-state index is 0.0980. The first-order valence-electron chi connectivity index (χ1n) is 6.45. The second kappa shape index (κ2) is 5.29. The van der Waals surface area contributed by atoms with Gasteiger partial charge in [0, 0.05) is 29.4 Å². The zero-order valence-electron chi connectivity index (χ0n) is 11.4. The van der Waals surface area contributed by atoms with Crippen molar-refractivity contribution in [2.45, 2.75) is 26.7 Å². The van der Waals surface area contributed by atoms with Crippen LogP contribution in [0.2, 0.25) is 5.02 Å². The van der Waals surface area contributed by atoms with Crippen LogP contribution in [0.5, 0.6) is 0 Å². The normalized spacial score (nSPS) is 19.5. The van der Waals surface area contributed by atoms with Gasteiger partial charge in [-0.3, -0.25) is 0 Å². The molecule has 3 N–H and O–H groups in total. The number of amidine groups is 1. The summed E-state index contributed by atoms with van der Waals surface area (Å²) in [6.45, 7) is 6.47. The molecule has 1 aromatic carbocycles. The summed E-state index contributed by atoms with van der Waals surface area (Å²) in [7, 11) is 0. The zero-order valence-corrected chi connectivity index (χ0v) is 12.1. The molecule has 1 aromatic rings. The van der Waals surface area contributed by atoms with Gasteiger partial charge in [0.05, 0.1) is 0 Å². The molecule has 19 heavy (non-hydrogen) atoms. The van der Waals surface area contributed by atoms with E-state index in [0.717, 1.165) is 25.2 Å². The van der Waals surface area contributed by atoms with Crippen molar-refractivity contribution in [2.24, 2.45) is 16.3 Å². The van der Waals surface area contributed by atoms with Crippen LogP contribution in [0.15, 0.2) is 23.4 Å². The molecule has 104 valence electrons. The van der Waals surface area contributed by atoms with Crippen molar-refractivity contribution < 1.29 is 5.21 Å². The highest BCUT2D eigenvalue weighted by atomic mass is 35.5. The summed E-state index contributed by atoms with van der Waals surface area (Å²) in [5.41, 5.74) is 7.70. The van der Waals surface area contributed by atoms with Crippen LogP contribution < -0.4 is 10.6 Å². The molecule has 0 bridgehead atoms. The van der Waals surface area contributed by atoms with Gasteiger partial charge in [-0.15, -0.1) is 0 Å². The van der Waals surface area contributed by atoms with Gasteiger partial charge in [0.2, 0.25) is 0 Å². The summed E-state index contributed by atoms with van der Waals surface area (Å²) in [4.78, 5) is 2.28. The Hall–Kier alpha value is -1.42. The van der Waals surface area contributed by atoms with Crippen molar-refractivity contribution in [1.82, 2.24) is 0 Å². The highest BCUT2D eigenvalue weighted by Gasteiger charge is 2.28. The van der Waals surface area contributed by atoms with Crippen LogP contribution in [-0.4, -0.2) is 24.1 Å². The summed E-state index contributed by atoms with van der Waals surface area (Å²) in [6, 6.07) is 5.53. The first-order valence-corrected chi connectivity index (χ1v) is 6.83. The third kappa shape index (κ3) is 3.13. The average molecular weight is 282 g/mol. The quantitative estimate of drug-likeness (QED) is 0.379. The zero-order chi connectivity index (χ0) is 14.0. The maximum absolute atomic E-state index is 8.91. The molecule has 0 amide bonds. The van der Waals surface area contributed by atoms with E-state index in [2.05, 4.69) is 23.9 Å². The Morgan fingerprint density at radius 1 is 1.47 bits per heavy atom. The second-order valence-electron chi connectivity index (χ2n) is 5.84. The molecule has 2 rings (SSSR count). The van der Waals surface area contributed by atoms with E-state index < -0.39 is 0 Å². The van der Waals surface area contributed by atoms with Crippen molar-refractivity contribution in [1.29, 1.82) is 0 Å². The van der Waals surface area contributed by atoms with Crippen LogP contribution in [-0.2, 0) is 0 Å². The van der Waals surface area contributed by atoms with Crippen molar-refractivity contribution in [3.63, 3.8) is 0 Å². The molecule has 0 unspecified atom stereocenters. The standard InChI is InChI=1S/C14H20ClN3O/c1-14(2)6-3-7-18(9-14)12-5-4-10(15)8-11(12)13(16)17-19/h4-5,8,19H,3,6-7,9H2,1-2H3,(H2,16,17). The number of oxime groups is 1. The molecule has 1 saturated heterocycles. The number of anilines is 1. The average Bonchev–Trinajstić information content (AvgIpc) is 2.36. The molecule has 0 spiro atoms. The Morgan fingerprint density at radius 3 is 2.84 bits per heavy atom. The molecule has 0 aliphatic carbocycles. The molecule has 0 saturated carbocycles. The number of piperidine rings is 1. The fourth-order valence-corrected chi connectivity index (χ4v) is 2.84. The Morgan fingerprint density at radius 2 is 2.21 bits per heavy atom. The predicted octanol–water partition coefficient (Wildman–Crippen LogP) is 3.06. The lowest BCUT2D eigenvalue weighted by Gasteiger charge is -2.40. The van der Waals surface area contributed by atoms with Gasteiger partial charge in [-0.2, -0.15) is 0 Å². The van der Waals surface area contributed by atoms with Gasteiger partial charge >= 0.3 is 0 Å². The molecular weight excluding hydrogens is 262 g/mol. The van der Waals surface area contributed by atoms with Crippen LogP contribution in [0, 0.1) is 5.41 Å². The number of benzene rings is 1. The fourth-order valence-electron chi connectivity index (χ4n) is 2.67. The van der Waals surface area contributed by atoms with Crippen LogP contribution in [0.3, 0.4) is 0 Å². The van der Waals surface area contributed by atoms with Crippen molar-refractivity contribution >= 4 is 23.1 Å². The summed E-state index contributed by atoms with van der Waals surface area (Å²) in [5.74, 6) is 0.0980. The monoisotopic (exact) mass is 281 g/mol. The smallest absolute Gasteiger partial charge is 0.172 e. The maximum atomic E-state index is 8.91. The summed E-state index contributed by atoms with van der Waals surface area (Å²) in [5, 5.41) is 12.6. The van der Waals surface area contributed by atoms with Gasteiger partial charge in [-0.1, -0.05) is 30.6 Å². The Balaban J connectivity index is 2.39. The lowest BCUT2D eigenvalue weighted by atomic mass is 9.84. The van der Waals surface area contributed by atoms with E-state index in [1.165, 1.54) is 6.42 Å². The van der Waals surface area contributed by atoms with Gasteiger partial charge in [0.1, 0.15) is 0 Å². The van der Waals surface area contributed by atoms with Gasteiger partial charge in [0.25, 0.3) is 0 Å². The summed E-state index contributed by atoms with van der Waals surface area (Å²) < 4.78 is 0.